The first kappa shape index (κ1) is 15.6. The van der Waals surface area contributed by atoms with E-state index in [1.54, 1.807) is 12.1 Å². The van der Waals surface area contributed by atoms with Gasteiger partial charge in [-0.25, -0.2) is 17.5 Å². The Hall–Kier alpha value is -1.47. The zero-order chi connectivity index (χ0) is 14.5. The molecular formula is C12H17FN2O3S. The topological polar surface area (TPSA) is 66.5 Å². The molecule has 0 aliphatic rings. The lowest BCUT2D eigenvalue weighted by Gasteiger charge is -2.21. The number of nitrogens with zero attached hydrogens (tertiary/aromatic N) is 1. The van der Waals surface area contributed by atoms with Gasteiger partial charge in [0.25, 0.3) is 0 Å². The summed E-state index contributed by atoms with van der Waals surface area (Å²) in [4.78, 5) is 12.9. The van der Waals surface area contributed by atoms with Gasteiger partial charge < -0.3 is 4.90 Å². The molecule has 1 N–H and O–H groups in total. The number of carbonyl (C=O) groups excluding carboxylic acids is 1. The molecule has 0 radical (unpaired) electrons. The summed E-state index contributed by atoms with van der Waals surface area (Å²) in [6.07, 6.45) is 1.06. The Morgan fingerprint density at radius 1 is 1.32 bits per heavy atom. The lowest BCUT2D eigenvalue weighted by Crippen LogP contribution is -2.36. The summed E-state index contributed by atoms with van der Waals surface area (Å²) in [6.45, 7) is 2.14. The molecule has 0 unspecified atom stereocenters. The van der Waals surface area contributed by atoms with E-state index < -0.39 is 10.0 Å². The van der Waals surface area contributed by atoms with Crippen molar-refractivity contribution in [2.75, 3.05) is 19.3 Å². The molecule has 0 aliphatic heterocycles. The van der Waals surface area contributed by atoms with Gasteiger partial charge in [0.15, 0.2) is 0 Å². The third-order valence-corrected chi connectivity index (χ3v) is 3.21. The molecule has 0 spiro atoms. The van der Waals surface area contributed by atoms with Gasteiger partial charge in [-0.05, 0) is 17.7 Å². The molecule has 0 bridgehead atoms. The number of carbonyl (C=O) groups is 1. The van der Waals surface area contributed by atoms with E-state index in [4.69, 9.17) is 0 Å². The standard InChI is InChI=1S/C12H17FN2O3S/c1-10(16)15(8-7-14-19(2,17)18)9-11-3-5-12(13)6-4-11/h3-6,14H,7-9H2,1-2H3. The second kappa shape index (κ2) is 6.63. The number of hydrogen-bond donors (Lipinski definition) is 1. The molecule has 0 atom stereocenters. The summed E-state index contributed by atoms with van der Waals surface area (Å²) in [6, 6.07) is 5.83. The number of halogens is 1. The first-order valence-corrected chi connectivity index (χ1v) is 7.61. The third-order valence-electron chi connectivity index (χ3n) is 2.48. The van der Waals surface area contributed by atoms with Gasteiger partial charge in [-0.1, -0.05) is 12.1 Å². The van der Waals surface area contributed by atoms with Crippen LogP contribution in [-0.4, -0.2) is 38.6 Å². The highest BCUT2D eigenvalue weighted by Gasteiger charge is 2.10. The highest BCUT2D eigenvalue weighted by molar-refractivity contribution is 7.88. The minimum Gasteiger partial charge on any atom is -0.337 e. The SMILES string of the molecule is CC(=O)N(CCNS(C)(=O)=O)Cc1ccc(F)cc1. The second-order valence-corrected chi connectivity index (χ2v) is 6.07. The molecule has 1 amide bonds. The molecule has 7 heteroatoms. The quantitative estimate of drug-likeness (QED) is 0.839. The fourth-order valence-electron chi connectivity index (χ4n) is 1.52. The normalized spacial score (nSPS) is 11.3. The number of hydrogen-bond acceptors (Lipinski definition) is 3. The van der Waals surface area contributed by atoms with E-state index in [9.17, 15) is 17.6 Å². The van der Waals surface area contributed by atoms with Crippen molar-refractivity contribution in [1.82, 2.24) is 9.62 Å². The first-order chi connectivity index (χ1) is 8.78. The minimum atomic E-state index is -3.26. The Kier molecular flexibility index (Phi) is 5.44. The van der Waals surface area contributed by atoms with E-state index in [1.807, 2.05) is 0 Å². The Labute approximate surface area is 112 Å². The van der Waals surface area contributed by atoms with Gasteiger partial charge in [0.1, 0.15) is 5.82 Å². The highest BCUT2D eigenvalue weighted by Crippen LogP contribution is 2.06. The maximum Gasteiger partial charge on any atom is 0.219 e. The number of nitrogens with one attached hydrogen (secondary N) is 1. The lowest BCUT2D eigenvalue weighted by molar-refractivity contribution is -0.129. The summed E-state index contributed by atoms with van der Waals surface area (Å²) in [5, 5.41) is 0. The number of benzene rings is 1. The van der Waals surface area contributed by atoms with Crippen molar-refractivity contribution in [2.45, 2.75) is 13.5 Å². The van der Waals surface area contributed by atoms with Crippen molar-refractivity contribution in [3.05, 3.63) is 35.6 Å². The van der Waals surface area contributed by atoms with Crippen LogP contribution >= 0.6 is 0 Å². The lowest BCUT2D eigenvalue weighted by atomic mass is 10.2. The van der Waals surface area contributed by atoms with Crippen LogP contribution in [0.4, 0.5) is 4.39 Å². The van der Waals surface area contributed by atoms with Gasteiger partial charge in [-0.2, -0.15) is 0 Å². The first-order valence-electron chi connectivity index (χ1n) is 5.72. The summed E-state index contributed by atoms with van der Waals surface area (Å²) in [5.74, 6) is -0.503. The summed E-state index contributed by atoms with van der Waals surface area (Å²) in [7, 11) is -3.26. The van der Waals surface area contributed by atoms with Gasteiger partial charge in [-0.15, -0.1) is 0 Å². The van der Waals surface area contributed by atoms with E-state index >= 15 is 0 Å². The van der Waals surface area contributed by atoms with E-state index in [1.165, 1.54) is 24.0 Å². The van der Waals surface area contributed by atoms with Crippen LogP contribution in [0.2, 0.25) is 0 Å². The smallest absolute Gasteiger partial charge is 0.219 e. The van der Waals surface area contributed by atoms with E-state index in [-0.39, 0.29) is 24.8 Å². The number of sulfonamides is 1. The van der Waals surface area contributed by atoms with Crippen LogP contribution < -0.4 is 4.72 Å². The molecule has 0 aromatic heterocycles. The van der Waals surface area contributed by atoms with E-state index in [0.29, 0.717) is 6.54 Å². The van der Waals surface area contributed by atoms with E-state index in [2.05, 4.69) is 4.72 Å². The molecule has 1 rings (SSSR count). The molecular weight excluding hydrogens is 271 g/mol. The Bertz CT molecular complexity index is 528. The summed E-state index contributed by atoms with van der Waals surface area (Å²) < 4.78 is 36.9. The molecule has 106 valence electrons. The van der Waals surface area contributed by atoms with Crippen molar-refractivity contribution >= 4 is 15.9 Å². The largest absolute Gasteiger partial charge is 0.337 e. The molecule has 0 fully saturated rings. The molecule has 0 saturated carbocycles. The van der Waals surface area contributed by atoms with E-state index in [0.717, 1.165) is 11.8 Å². The third kappa shape index (κ3) is 6.30. The maximum atomic E-state index is 12.8. The molecule has 19 heavy (non-hydrogen) atoms. The van der Waals surface area contributed by atoms with Crippen molar-refractivity contribution in [3.63, 3.8) is 0 Å². The fraction of sp³-hybridized carbons (Fsp3) is 0.417. The number of rotatable bonds is 6. The van der Waals surface area contributed by atoms with Crippen molar-refractivity contribution in [3.8, 4) is 0 Å². The van der Waals surface area contributed by atoms with Crippen LogP contribution in [0.1, 0.15) is 12.5 Å². The van der Waals surface area contributed by atoms with Gasteiger partial charge in [0.05, 0.1) is 6.26 Å². The summed E-state index contributed by atoms with van der Waals surface area (Å²) in [5.41, 5.74) is 0.788. The molecule has 5 nitrogen and oxygen atoms in total. The van der Waals surface area contributed by atoms with Gasteiger partial charge >= 0.3 is 0 Å². The predicted octanol–water partition coefficient (Wildman–Crippen LogP) is 0.723. The zero-order valence-corrected chi connectivity index (χ0v) is 11.7. The molecule has 0 heterocycles. The zero-order valence-electron chi connectivity index (χ0n) is 10.9. The van der Waals surface area contributed by atoms with Gasteiger partial charge in [0, 0.05) is 26.6 Å². The van der Waals surface area contributed by atoms with Crippen molar-refractivity contribution in [1.29, 1.82) is 0 Å². The Morgan fingerprint density at radius 3 is 2.37 bits per heavy atom. The second-order valence-electron chi connectivity index (χ2n) is 4.23. The Balaban J connectivity index is 2.58. The highest BCUT2D eigenvalue weighted by atomic mass is 32.2. The van der Waals surface area contributed by atoms with Crippen molar-refractivity contribution < 1.29 is 17.6 Å². The summed E-state index contributed by atoms with van der Waals surface area (Å²) >= 11 is 0. The minimum absolute atomic E-state index is 0.152. The monoisotopic (exact) mass is 288 g/mol. The van der Waals surface area contributed by atoms with Crippen LogP contribution in [0.5, 0.6) is 0 Å². The predicted molar refractivity (Wildman–Crippen MR) is 70.3 cm³/mol. The fourth-order valence-corrected chi connectivity index (χ4v) is 1.99. The maximum absolute atomic E-state index is 12.8. The van der Waals surface area contributed by atoms with Crippen LogP contribution in [0.15, 0.2) is 24.3 Å². The molecule has 1 aromatic rings. The van der Waals surface area contributed by atoms with Crippen LogP contribution in [0.25, 0.3) is 0 Å². The van der Waals surface area contributed by atoms with Crippen LogP contribution in [-0.2, 0) is 21.4 Å². The average molecular weight is 288 g/mol. The van der Waals surface area contributed by atoms with Crippen molar-refractivity contribution in [2.24, 2.45) is 0 Å². The van der Waals surface area contributed by atoms with Gasteiger partial charge in [-0.3, -0.25) is 4.79 Å². The molecule has 1 aromatic carbocycles. The average Bonchev–Trinajstić information content (AvgIpc) is 2.28. The number of amides is 1. The van der Waals surface area contributed by atoms with Crippen LogP contribution in [0, 0.1) is 5.82 Å². The molecule has 0 saturated heterocycles. The van der Waals surface area contributed by atoms with Gasteiger partial charge in [0.2, 0.25) is 15.9 Å². The molecule has 0 aliphatic carbocycles. The Morgan fingerprint density at radius 2 is 1.89 bits per heavy atom. The van der Waals surface area contributed by atoms with Crippen LogP contribution in [0.3, 0.4) is 0 Å².